The molecule has 0 aromatic heterocycles. The van der Waals surface area contributed by atoms with Gasteiger partial charge in [0.1, 0.15) is 24.1 Å². The molecule has 1 heterocycles. The van der Waals surface area contributed by atoms with E-state index in [2.05, 4.69) is 37.4 Å². The van der Waals surface area contributed by atoms with Gasteiger partial charge < -0.3 is 43.8 Å². The first-order chi connectivity index (χ1) is 32.8. The Bertz CT molecular complexity index is 2120. The maximum Gasteiger partial charge on any atom is 0.410 e. The van der Waals surface area contributed by atoms with Crippen LogP contribution in [0.25, 0.3) is 0 Å². The van der Waals surface area contributed by atoms with Crippen LogP contribution in [0.15, 0.2) is 120 Å². The Kier molecular flexibility index (Phi) is 20.1. The molecule has 6 atom stereocenters. The van der Waals surface area contributed by atoms with Gasteiger partial charge in [0.15, 0.2) is 0 Å². The molecule has 0 spiro atoms. The molecule has 1 aliphatic heterocycles. The van der Waals surface area contributed by atoms with E-state index in [1.54, 1.807) is 40.9 Å². The predicted molar refractivity (Wildman–Crippen MR) is 256 cm³/mol. The van der Waals surface area contributed by atoms with Crippen LogP contribution >= 0.6 is 11.8 Å². The van der Waals surface area contributed by atoms with E-state index in [9.17, 15) is 30.2 Å². The lowest BCUT2D eigenvalue weighted by Crippen LogP contribution is -2.70. The average Bonchev–Trinajstić information content (AvgIpc) is 3.34. The first-order valence-corrected chi connectivity index (χ1v) is 24.2. The number of aliphatic hydroxyl groups is 3. The number of fused-ring (bicyclic) bond motifs is 2. The van der Waals surface area contributed by atoms with Gasteiger partial charge in [-0.05, 0) is 97.5 Å². The van der Waals surface area contributed by atoms with E-state index in [0.29, 0.717) is 48.6 Å². The maximum absolute atomic E-state index is 14.5. The number of unbranched alkanes of at least 4 members (excludes halogenated alkanes) is 2. The van der Waals surface area contributed by atoms with Crippen molar-refractivity contribution in [3.63, 3.8) is 0 Å². The third-order valence-corrected chi connectivity index (χ3v) is 13.4. The zero-order chi connectivity index (χ0) is 47.4. The molecular weight excluding hydrogens is 879 g/mol. The summed E-state index contributed by atoms with van der Waals surface area (Å²) in [6.07, 6.45) is 9.77. The Morgan fingerprint density at radius 1 is 0.940 bits per heavy atom. The Morgan fingerprint density at radius 2 is 1.72 bits per heavy atom. The number of nitrogens with zero attached hydrogens (tertiary/aromatic N) is 3. The molecular formula is C51H65N3O12S. The molecule has 3 aliphatic rings. The summed E-state index contributed by atoms with van der Waals surface area (Å²) in [6.45, 7) is 8.53. The Morgan fingerprint density at radius 3 is 2.43 bits per heavy atom. The monoisotopic (exact) mass is 943 g/mol. The Hall–Kier alpha value is -5.23. The molecule has 67 heavy (non-hydrogen) atoms. The van der Waals surface area contributed by atoms with Gasteiger partial charge in [0.2, 0.25) is 5.79 Å². The van der Waals surface area contributed by atoms with E-state index < -0.39 is 28.8 Å². The number of hydrogen-bond acceptors (Lipinski definition) is 14. The van der Waals surface area contributed by atoms with Crippen LogP contribution in [0.4, 0.5) is 10.5 Å². The van der Waals surface area contributed by atoms with Gasteiger partial charge >= 0.3 is 6.09 Å². The summed E-state index contributed by atoms with van der Waals surface area (Å²) >= 11 is 1.71. The van der Waals surface area contributed by atoms with Crippen LogP contribution in [0.3, 0.4) is 0 Å². The van der Waals surface area contributed by atoms with Crippen molar-refractivity contribution in [1.82, 2.24) is 4.90 Å². The Balaban J connectivity index is 1.51. The third kappa shape index (κ3) is 13.3. The number of non-ortho nitro benzene ring substituents is 1. The molecule has 15 nitrogen and oxygen atoms in total. The number of thioether (sulfide) groups is 1. The number of amides is 1. The number of oxime groups is 1. The lowest BCUT2D eigenvalue weighted by atomic mass is 9.55. The number of nitro groups is 1. The van der Waals surface area contributed by atoms with Crippen LogP contribution in [0, 0.1) is 27.9 Å². The van der Waals surface area contributed by atoms with E-state index in [-0.39, 0.29) is 89.3 Å². The number of aliphatic hydroxyl groups excluding tert-OH is 3. The van der Waals surface area contributed by atoms with E-state index in [0.717, 1.165) is 47.5 Å². The summed E-state index contributed by atoms with van der Waals surface area (Å²) in [7, 11) is 0. The van der Waals surface area contributed by atoms with Crippen molar-refractivity contribution in [3.8, 4) is 11.5 Å². The molecule has 0 bridgehead atoms. The summed E-state index contributed by atoms with van der Waals surface area (Å²) in [6, 6.07) is 21.2. The van der Waals surface area contributed by atoms with Crippen molar-refractivity contribution >= 4 is 29.3 Å². The van der Waals surface area contributed by atoms with Gasteiger partial charge in [-0.1, -0.05) is 54.4 Å². The minimum atomic E-state index is -1.54. The number of benzene rings is 3. The van der Waals surface area contributed by atoms with Gasteiger partial charge in [-0.2, -0.15) is 0 Å². The molecule has 362 valence electrons. The minimum Gasteiger partial charge on any atom is -0.493 e. The number of hydrogen-bond donors (Lipinski definition) is 3. The number of carbonyl (C=O) groups is 1. The summed E-state index contributed by atoms with van der Waals surface area (Å²) in [5.41, 5.74) is 2.96. The molecule has 3 aromatic carbocycles. The number of rotatable bonds is 29. The minimum absolute atomic E-state index is 0.000306. The lowest BCUT2D eigenvalue weighted by molar-refractivity contribution is -0.384. The van der Waals surface area contributed by atoms with Gasteiger partial charge in [-0.15, -0.1) is 24.9 Å². The van der Waals surface area contributed by atoms with Crippen LogP contribution in [0.2, 0.25) is 0 Å². The van der Waals surface area contributed by atoms with Crippen molar-refractivity contribution in [2.45, 2.75) is 80.6 Å². The highest BCUT2D eigenvalue weighted by molar-refractivity contribution is 7.99. The zero-order valence-corrected chi connectivity index (χ0v) is 39.0. The molecule has 0 radical (unpaired) electrons. The molecule has 6 unspecified atom stereocenters. The number of nitro benzene ring substituents is 1. The topological polar surface area (TPSA) is 192 Å². The van der Waals surface area contributed by atoms with Crippen molar-refractivity contribution in [3.05, 3.63) is 131 Å². The van der Waals surface area contributed by atoms with Crippen molar-refractivity contribution in [1.29, 1.82) is 0 Å². The van der Waals surface area contributed by atoms with Crippen LogP contribution in [-0.4, -0.2) is 114 Å². The third-order valence-electron chi connectivity index (χ3n) is 12.4. The highest BCUT2D eigenvalue weighted by Gasteiger charge is 2.65. The molecule has 16 heteroatoms. The molecule has 2 aliphatic carbocycles. The maximum atomic E-state index is 14.5. The van der Waals surface area contributed by atoms with Crippen LogP contribution in [0.5, 0.6) is 11.5 Å². The van der Waals surface area contributed by atoms with Gasteiger partial charge in [0.25, 0.3) is 5.69 Å². The first kappa shape index (κ1) is 51.2. The summed E-state index contributed by atoms with van der Waals surface area (Å²) in [5, 5.41) is 45.7. The Labute approximate surface area is 397 Å². The number of allylic oxidation sites excluding steroid dienone is 1. The van der Waals surface area contributed by atoms with Gasteiger partial charge in [-0.25, -0.2) is 4.79 Å². The van der Waals surface area contributed by atoms with Crippen LogP contribution < -0.4 is 9.47 Å². The molecule has 0 saturated heterocycles. The summed E-state index contributed by atoms with van der Waals surface area (Å²) < 4.78 is 32.4. The largest absolute Gasteiger partial charge is 0.493 e. The van der Waals surface area contributed by atoms with E-state index in [4.69, 9.17) is 33.7 Å². The smallest absolute Gasteiger partial charge is 0.410 e. The second-order valence-electron chi connectivity index (χ2n) is 16.7. The van der Waals surface area contributed by atoms with Gasteiger partial charge in [0, 0.05) is 60.4 Å². The fourth-order valence-electron chi connectivity index (χ4n) is 9.49. The number of ether oxygens (including phenoxy) is 5. The fourth-order valence-corrected chi connectivity index (χ4v) is 10.2. The van der Waals surface area contributed by atoms with Crippen molar-refractivity contribution in [2.24, 2.45) is 22.9 Å². The zero-order valence-electron chi connectivity index (χ0n) is 38.2. The molecule has 3 aromatic rings. The highest BCUT2D eigenvalue weighted by Crippen LogP contribution is 2.62. The molecule has 6 rings (SSSR count). The summed E-state index contributed by atoms with van der Waals surface area (Å²) in [4.78, 5) is 34.3. The van der Waals surface area contributed by atoms with Crippen LogP contribution in [-0.2, 0) is 25.7 Å². The van der Waals surface area contributed by atoms with E-state index in [1.165, 1.54) is 12.1 Å². The van der Waals surface area contributed by atoms with Gasteiger partial charge in [-0.3, -0.25) is 15.0 Å². The van der Waals surface area contributed by atoms with Crippen LogP contribution in [0.1, 0.15) is 68.4 Å². The molecule has 3 N–H and O–H groups in total. The molecule has 1 amide bonds. The normalized spacial score (nSPS) is 22.1. The molecule has 1 fully saturated rings. The molecule has 1 saturated carbocycles. The van der Waals surface area contributed by atoms with Crippen molar-refractivity contribution in [2.75, 3.05) is 65.2 Å². The quantitative estimate of drug-likeness (QED) is 0.0197. The first-order valence-electron chi connectivity index (χ1n) is 23.3. The lowest BCUT2D eigenvalue weighted by Gasteiger charge is -2.59. The van der Waals surface area contributed by atoms with Gasteiger partial charge in [0.05, 0.1) is 56.2 Å². The summed E-state index contributed by atoms with van der Waals surface area (Å²) in [5.74, 6) is -0.440. The van der Waals surface area contributed by atoms with E-state index in [1.807, 2.05) is 30.3 Å². The predicted octanol–water partition coefficient (Wildman–Crippen LogP) is 8.62. The fraction of sp³-hybridized carbons (Fsp3) is 0.490. The van der Waals surface area contributed by atoms with E-state index >= 15 is 0 Å². The second kappa shape index (κ2) is 26.3. The highest BCUT2D eigenvalue weighted by atomic mass is 32.2. The SMILES string of the molecule is C=CCCOC(=O)N(CCOCCO)C1CC(=NOCc2ccc([N+](=O)[O-])cc2)C2=CC(CCCCO)C(CCCCO)C3c4cc(OCCSc5ccccc5)ccc4OC1(OCC=C)C23. The van der Waals surface area contributed by atoms with Crippen molar-refractivity contribution < 1.29 is 53.6 Å². The second-order valence-corrected chi connectivity index (χ2v) is 17.9. The number of carbonyl (C=O) groups excluding carboxylic acids is 1. The average molecular weight is 944 g/mol. The standard InChI is InChI=1S/C51H65N3O12S/c1-3-5-28-63-50(58)53(23-29-61-30-26-57)47-35-45(52-65-36-37-17-19-39(20-18-37)54(59)60)43-33-38(13-9-11-24-55)42(16-10-12-25-56)48-44-34-40(62-31-32-67-41-14-7-6-8-15-41)21-22-46(44)66-51(47,49(43)48)64-27-4-2/h3-4,6-8,14-15,17-22,33-34,38,42,47-49,55-57H,1-2,5,9-13,16,23-32,35-36H2.